The van der Waals surface area contributed by atoms with Gasteiger partial charge in [-0.2, -0.15) is 4.98 Å². The zero-order valence-corrected chi connectivity index (χ0v) is 13.3. The number of rotatable bonds is 4. The van der Waals surface area contributed by atoms with Crippen LogP contribution in [0.15, 0.2) is 28.8 Å². The standard InChI is InChI=1S/C16H20N4O3/c1-11(21)20(2)9-7-14-18-16(23-19-14)15-12-5-3-4-6-13(12)22-10-8-17-15/h3-6,15,17H,7-10H2,1-2H3. The molecule has 23 heavy (non-hydrogen) atoms. The van der Waals surface area contributed by atoms with Crippen LogP contribution in [-0.4, -0.2) is 47.7 Å². The van der Waals surface area contributed by atoms with Crippen molar-refractivity contribution in [1.29, 1.82) is 0 Å². The SMILES string of the molecule is CC(=O)N(C)CCc1noc(C2NCCOc3ccccc32)n1. The first kappa shape index (κ1) is 15.5. The number of hydrogen-bond acceptors (Lipinski definition) is 6. The van der Waals surface area contributed by atoms with E-state index in [-0.39, 0.29) is 11.9 Å². The lowest BCUT2D eigenvalue weighted by Crippen LogP contribution is -2.26. The van der Waals surface area contributed by atoms with E-state index in [4.69, 9.17) is 9.26 Å². The average Bonchev–Trinajstić information content (AvgIpc) is 2.91. The minimum absolute atomic E-state index is 0.0187. The summed E-state index contributed by atoms with van der Waals surface area (Å²) in [6.45, 7) is 3.39. The summed E-state index contributed by atoms with van der Waals surface area (Å²) in [5, 5.41) is 7.39. The Morgan fingerprint density at radius 2 is 2.26 bits per heavy atom. The molecule has 1 N–H and O–H groups in total. The number of aromatic nitrogens is 2. The third kappa shape index (κ3) is 3.50. The zero-order chi connectivity index (χ0) is 16.2. The third-order valence-corrected chi connectivity index (χ3v) is 3.88. The molecule has 122 valence electrons. The van der Waals surface area contributed by atoms with Crippen molar-refractivity contribution in [2.75, 3.05) is 26.7 Å². The Hall–Kier alpha value is -2.41. The number of likely N-dealkylation sites (N-methyl/N-ethyl adjacent to an activating group) is 1. The second-order valence-electron chi connectivity index (χ2n) is 5.51. The molecule has 7 heteroatoms. The summed E-state index contributed by atoms with van der Waals surface area (Å²) in [6.07, 6.45) is 0.560. The Bertz CT molecular complexity index is 685. The van der Waals surface area contributed by atoms with Crippen LogP contribution < -0.4 is 10.1 Å². The monoisotopic (exact) mass is 316 g/mol. The molecule has 1 aromatic carbocycles. The van der Waals surface area contributed by atoms with Gasteiger partial charge in [0.15, 0.2) is 5.82 Å². The van der Waals surface area contributed by atoms with Crippen LogP contribution in [0.25, 0.3) is 0 Å². The minimum Gasteiger partial charge on any atom is -0.492 e. The van der Waals surface area contributed by atoms with Crippen LogP contribution in [0.4, 0.5) is 0 Å². The molecule has 1 aromatic heterocycles. The van der Waals surface area contributed by atoms with Crippen molar-refractivity contribution in [3.8, 4) is 5.75 Å². The molecule has 7 nitrogen and oxygen atoms in total. The Morgan fingerprint density at radius 1 is 1.43 bits per heavy atom. The number of amides is 1. The molecule has 2 heterocycles. The molecule has 0 bridgehead atoms. The highest BCUT2D eigenvalue weighted by Crippen LogP contribution is 2.30. The molecule has 1 aliphatic rings. The molecule has 0 saturated carbocycles. The summed E-state index contributed by atoms with van der Waals surface area (Å²) in [7, 11) is 1.75. The maximum Gasteiger partial charge on any atom is 0.248 e. The van der Waals surface area contributed by atoms with Crippen LogP contribution in [0.5, 0.6) is 5.75 Å². The van der Waals surface area contributed by atoms with Gasteiger partial charge in [0.1, 0.15) is 18.4 Å². The van der Waals surface area contributed by atoms with E-state index in [1.165, 1.54) is 6.92 Å². The van der Waals surface area contributed by atoms with Crippen molar-refractivity contribution >= 4 is 5.91 Å². The van der Waals surface area contributed by atoms with Crippen LogP contribution in [0.1, 0.15) is 30.2 Å². The predicted octanol–water partition coefficient (Wildman–Crippen LogP) is 1.16. The highest BCUT2D eigenvalue weighted by Gasteiger charge is 2.25. The highest BCUT2D eigenvalue weighted by atomic mass is 16.5. The van der Waals surface area contributed by atoms with E-state index in [1.54, 1.807) is 11.9 Å². The molecule has 0 aliphatic carbocycles. The van der Waals surface area contributed by atoms with Gasteiger partial charge in [0.25, 0.3) is 0 Å². The zero-order valence-electron chi connectivity index (χ0n) is 13.3. The maximum absolute atomic E-state index is 11.2. The fourth-order valence-corrected chi connectivity index (χ4v) is 2.46. The summed E-state index contributed by atoms with van der Waals surface area (Å²) in [5.41, 5.74) is 0.987. The molecular formula is C16H20N4O3. The summed E-state index contributed by atoms with van der Waals surface area (Å²) < 4.78 is 11.1. The van der Waals surface area contributed by atoms with E-state index >= 15 is 0 Å². The highest BCUT2D eigenvalue weighted by molar-refractivity contribution is 5.72. The van der Waals surface area contributed by atoms with Crippen LogP contribution in [0.3, 0.4) is 0 Å². The minimum atomic E-state index is -0.180. The van der Waals surface area contributed by atoms with Crippen molar-refractivity contribution in [2.24, 2.45) is 0 Å². The van der Waals surface area contributed by atoms with E-state index in [0.717, 1.165) is 11.3 Å². The van der Waals surface area contributed by atoms with Crippen molar-refractivity contribution in [1.82, 2.24) is 20.4 Å². The Morgan fingerprint density at radius 3 is 3.09 bits per heavy atom. The van der Waals surface area contributed by atoms with Crippen LogP contribution in [0, 0.1) is 0 Å². The summed E-state index contributed by atoms with van der Waals surface area (Å²) >= 11 is 0. The molecule has 1 aliphatic heterocycles. The van der Waals surface area contributed by atoms with Gasteiger partial charge in [-0.05, 0) is 6.07 Å². The molecule has 2 aromatic rings. The topological polar surface area (TPSA) is 80.5 Å². The van der Waals surface area contributed by atoms with Crippen molar-refractivity contribution in [2.45, 2.75) is 19.4 Å². The molecule has 1 amide bonds. The van der Waals surface area contributed by atoms with Gasteiger partial charge in [-0.1, -0.05) is 23.4 Å². The van der Waals surface area contributed by atoms with Crippen molar-refractivity contribution in [3.05, 3.63) is 41.5 Å². The van der Waals surface area contributed by atoms with Gasteiger partial charge in [0, 0.05) is 39.0 Å². The second kappa shape index (κ2) is 6.78. The number of benzene rings is 1. The van der Waals surface area contributed by atoms with Crippen LogP contribution >= 0.6 is 0 Å². The first-order valence-electron chi connectivity index (χ1n) is 7.64. The molecule has 0 fully saturated rings. The van der Waals surface area contributed by atoms with Gasteiger partial charge < -0.3 is 14.2 Å². The molecule has 0 saturated heterocycles. The molecule has 0 spiro atoms. The molecule has 1 unspecified atom stereocenters. The third-order valence-electron chi connectivity index (χ3n) is 3.88. The fourth-order valence-electron chi connectivity index (χ4n) is 2.46. The molecular weight excluding hydrogens is 296 g/mol. The van der Waals surface area contributed by atoms with Crippen molar-refractivity contribution in [3.63, 3.8) is 0 Å². The van der Waals surface area contributed by atoms with E-state index in [1.807, 2.05) is 24.3 Å². The number of carbonyl (C=O) groups excluding carboxylic acids is 1. The summed E-state index contributed by atoms with van der Waals surface area (Å²) in [4.78, 5) is 17.3. The number of para-hydroxylation sites is 1. The van der Waals surface area contributed by atoms with Gasteiger partial charge in [-0.15, -0.1) is 0 Å². The van der Waals surface area contributed by atoms with E-state index in [9.17, 15) is 4.79 Å². The Labute approximate surface area is 134 Å². The van der Waals surface area contributed by atoms with E-state index in [2.05, 4.69) is 15.5 Å². The van der Waals surface area contributed by atoms with Gasteiger partial charge >= 0.3 is 0 Å². The number of nitrogens with zero attached hydrogens (tertiary/aromatic N) is 3. The molecule has 3 rings (SSSR count). The average molecular weight is 316 g/mol. The van der Waals surface area contributed by atoms with E-state index < -0.39 is 0 Å². The molecule has 1 atom stereocenters. The molecule has 0 radical (unpaired) electrons. The quantitative estimate of drug-likeness (QED) is 0.912. The number of ether oxygens (including phenoxy) is 1. The van der Waals surface area contributed by atoms with Gasteiger partial charge in [-0.25, -0.2) is 0 Å². The second-order valence-corrected chi connectivity index (χ2v) is 5.51. The number of hydrogen-bond donors (Lipinski definition) is 1. The van der Waals surface area contributed by atoms with Crippen LogP contribution in [0.2, 0.25) is 0 Å². The Balaban J connectivity index is 1.76. The van der Waals surface area contributed by atoms with Gasteiger partial charge in [-0.3, -0.25) is 10.1 Å². The van der Waals surface area contributed by atoms with Crippen LogP contribution in [-0.2, 0) is 11.2 Å². The summed E-state index contributed by atoms with van der Waals surface area (Å²) in [5.74, 6) is 1.96. The van der Waals surface area contributed by atoms with Gasteiger partial charge in [0.05, 0.1) is 0 Å². The predicted molar refractivity (Wildman–Crippen MR) is 83.1 cm³/mol. The largest absolute Gasteiger partial charge is 0.492 e. The lowest BCUT2D eigenvalue weighted by Gasteiger charge is -2.13. The van der Waals surface area contributed by atoms with Crippen molar-refractivity contribution < 1.29 is 14.1 Å². The fraction of sp³-hybridized carbons (Fsp3) is 0.438. The summed E-state index contributed by atoms with van der Waals surface area (Å²) in [6, 6.07) is 7.65. The number of carbonyl (C=O) groups is 1. The number of nitrogens with one attached hydrogen (secondary N) is 1. The van der Waals surface area contributed by atoms with Gasteiger partial charge in [0.2, 0.25) is 11.8 Å². The first-order chi connectivity index (χ1) is 11.1. The lowest BCUT2D eigenvalue weighted by atomic mass is 10.1. The Kier molecular flexibility index (Phi) is 4.57. The first-order valence-corrected chi connectivity index (χ1v) is 7.64. The van der Waals surface area contributed by atoms with E-state index in [0.29, 0.717) is 37.8 Å². The number of fused-ring (bicyclic) bond motifs is 1. The lowest BCUT2D eigenvalue weighted by molar-refractivity contribution is -0.127. The smallest absolute Gasteiger partial charge is 0.248 e. The maximum atomic E-state index is 11.2. The normalized spacial score (nSPS) is 17.0.